The van der Waals surface area contributed by atoms with Crippen molar-refractivity contribution in [3.8, 4) is 6.07 Å². The quantitative estimate of drug-likeness (QED) is 0.711. The fourth-order valence-corrected chi connectivity index (χ4v) is 1.34. The van der Waals surface area contributed by atoms with Gasteiger partial charge >= 0.3 is 5.97 Å². The number of aliphatic hydroxyl groups is 1. The van der Waals surface area contributed by atoms with Gasteiger partial charge < -0.3 is 15.5 Å². The van der Waals surface area contributed by atoms with Gasteiger partial charge in [0.1, 0.15) is 0 Å². The largest absolute Gasteiger partial charge is 0.481 e. The highest BCUT2D eigenvalue weighted by atomic mass is 16.4. The Morgan fingerprint density at radius 2 is 2.06 bits per heavy atom. The normalized spacial score (nSPS) is 13.5. The zero-order chi connectivity index (χ0) is 12.9. The minimum Gasteiger partial charge on any atom is -0.481 e. The van der Waals surface area contributed by atoms with Gasteiger partial charge in [0.15, 0.2) is 0 Å². The number of hydrogen-bond donors (Lipinski definition) is 3. The Balaban J connectivity index is 2.55. The Morgan fingerprint density at radius 3 is 2.53 bits per heavy atom. The summed E-state index contributed by atoms with van der Waals surface area (Å²) in [7, 11) is 0. The van der Waals surface area contributed by atoms with E-state index in [2.05, 4.69) is 5.32 Å². The summed E-state index contributed by atoms with van der Waals surface area (Å²) in [5.41, 5.74) is -0.0257. The van der Waals surface area contributed by atoms with Crippen LogP contribution in [0.5, 0.6) is 0 Å². The molecule has 0 saturated carbocycles. The van der Waals surface area contributed by atoms with E-state index in [9.17, 15) is 9.90 Å². The molecular formula is C12H14N2O3. The number of carboxylic acid groups (broad SMARTS) is 1. The summed E-state index contributed by atoms with van der Waals surface area (Å²) in [5, 5.41) is 29.9. The molecule has 1 aromatic carbocycles. The lowest BCUT2D eigenvalue weighted by Gasteiger charge is -2.22. The molecule has 0 aliphatic carbocycles. The second-order valence-corrected chi connectivity index (χ2v) is 4.11. The number of nitrogens with one attached hydrogen (secondary N) is 1. The van der Waals surface area contributed by atoms with Crippen molar-refractivity contribution in [3.63, 3.8) is 0 Å². The Bertz CT molecular complexity index is 432. The van der Waals surface area contributed by atoms with E-state index < -0.39 is 11.6 Å². The number of rotatable bonds is 5. The molecule has 0 aliphatic heterocycles. The Labute approximate surface area is 99.3 Å². The van der Waals surface area contributed by atoms with Crippen molar-refractivity contribution >= 4 is 11.7 Å². The standard InChI is InChI=1S/C12H14N2O3/c1-12(17,6-11(15)16)8-14-10-4-2-9(7-13)3-5-10/h2-5,14,17H,6,8H2,1H3,(H,15,16). The van der Waals surface area contributed by atoms with Gasteiger partial charge in [-0.25, -0.2) is 0 Å². The third-order valence-corrected chi connectivity index (χ3v) is 2.22. The fourth-order valence-electron chi connectivity index (χ4n) is 1.34. The van der Waals surface area contributed by atoms with E-state index in [0.717, 1.165) is 5.69 Å². The molecule has 90 valence electrons. The highest BCUT2D eigenvalue weighted by Crippen LogP contribution is 2.13. The molecule has 1 atom stereocenters. The topological polar surface area (TPSA) is 93.4 Å². The predicted octanol–water partition coefficient (Wildman–Crippen LogP) is 1.20. The third kappa shape index (κ3) is 4.53. The first kappa shape index (κ1) is 13.0. The van der Waals surface area contributed by atoms with Crippen LogP contribution in [0.4, 0.5) is 5.69 Å². The molecule has 0 radical (unpaired) electrons. The minimum atomic E-state index is -1.31. The summed E-state index contributed by atoms with van der Waals surface area (Å²) in [6, 6.07) is 8.70. The molecule has 0 saturated heterocycles. The van der Waals surface area contributed by atoms with Crippen LogP contribution in [0.25, 0.3) is 0 Å². The highest BCUT2D eigenvalue weighted by molar-refractivity contribution is 5.68. The van der Waals surface area contributed by atoms with Crippen molar-refractivity contribution < 1.29 is 15.0 Å². The molecule has 0 spiro atoms. The van der Waals surface area contributed by atoms with E-state index in [1.54, 1.807) is 24.3 Å². The molecule has 5 heteroatoms. The van der Waals surface area contributed by atoms with Crippen molar-refractivity contribution in [3.05, 3.63) is 29.8 Å². The molecule has 0 aliphatic rings. The van der Waals surface area contributed by atoms with E-state index >= 15 is 0 Å². The summed E-state index contributed by atoms with van der Waals surface area (Å²) in [4.78, 5) is 10.5. The molecule has 0 amide bonds. The van der Waals surface area contributed by atoms with E-state index in [-0.39, 0.29) is 13.0 Å². The zero-order valence-corrected chi connectivity index (χ0v) is 9.47. The first-order valence-electron chi connectivity index (χ1n) is 5.11. The molecule has 0 fully saturated rings. The lowest BCUT2D eigenvalue weighted by Crippen LogP contribution is -2.35. The molecule has 17 heavy (non-hydrogen) atoms. The van der Waals surface area contributed by atoms with E-state index in [1.807, 2.05) is 6.07 Å². The summed E-state index contributed by atoms with van der Waals surface area (Å²) in [6.07, 6.45) is -0.323. The van der Waals surface area contributed by atoms with Crippen LogP contribution in [-0.4, -0.2) is 28.3 Å². The maximum absolute atomic E-state index is 10.5. The minimum absolute atomic E-state index is 0.130. The summed E-state index contributed by atoms with van der Waals surface area (Å²) in [5.74, 6) is -1.04. The number of benzene rings is 1. The van der Waals surface area contributed by atoms with Crippen LogP contribution in [-0.2, 0) is 4.79 Å². The zero-order valence-electron chi connectivity index (χ0n) is 9.47. The molecular weight excluding hydrogens is 220 g/mol. The maximum atomic E-state index is 10.5. The first-order valence-corrected chi connectivity index (χ1v) is 5.11. The van der Waals surface area contributed by atoms with E-state index in [4.69, 9.17) is 10.4 Å². The summed E-state index contributed by atoms with van der Waals surface area (Å²) in [6.45, 7) is 1.59. The van der Waals surface area contributed by atoms with Gasteiger partial charge in [-0.2, -0.15) is 5.26 Å². The SMILES string of the molecule is CC(O)(CNc1ccc(C#N)cc1)CC(=O)O. The van der Waals surface area contributed by atoms with Crippen molar-refractivity contribution in [2.45, 2.75) is 18.9 Å². The second kappa shape index (κ2) is 5.32. The van der Waals surface area contributed by atoms with Gasteiger partial charge in [0.05, 0.1) is 23.7 Å². The van der Waals surface area contributed by atoms with Crippen molar-refractivity contribution in [2.24, 2.45) is 0 Å². The Kier molecular flexibility index (Phi) is 4.07. The van der Waals surface area contributed by atoms with Crippen LogP contribution in [0, 0.1) is 11.3 Å². The van der Waals surface area contributed by atoms with Gasteiger partial charge in [0, 0.05) is 12.2 Å². The fraction of sp³-hybridized carbons (Fsp3) is 0.333. The number of nitrogens with zero attached hydrogens (tertiary/aromatic N) is 1. The van der Waals surface area contributed by atoms with E-state index in [1.165, 1.54) is 6.92 Å². The van der Waals surface area contributed by atoms with Crippen LogP contribution in [0.1, 0.15) is 18.9 Å². The van der Waals surface area contributed by atoms with Gasteiger partial charge in [0.2, 0.25) is 0 Å². The smallest absolute Gasteiger partial charge is 0.306 e. The summed E-state index contributed by atoms with van der Waals surface area (Å²) < 4.78 is 0. The molecule has 0 bridgehead atoms. The van der Waals surface area contributed by atoms with Crippen LogP contribution in [0.3, 0.4) is 0 Å². The molecule has 1 unspecified atom stereocenters. The van der Waals surface area contributed by atoms with Crippen molar-refractivity contribution in [1.29, 1.82) is 5.26 Å². The molecule has 1 aromatic rings. The maximum Gasteiger partial charge on any atom is 0.306 e. The molecule has 1 rings (SSSR count). The highest BCUT2D eigenvalue weighted by Gasteiger charge is 2.23. The van der Waals surface area contributed by atoms with Crippen molar-refractivity contribution in [1.82, 2.24) is 0 Å². The molecule has 0 heterocycles. The summed E-state index contributed by atoms with van der Waals surface area (Å²) >= 11 is 0. The van der Waals surface area contributed by atoms with Gasteiger partial charge in [-0.1, -0.05) is 0 Å². The number of carbonyl (C=O) groups is 1. The average Bonchev–Trinajstić information content (AvgIpc) is 2.25. The van der Waals surface area contributed by atoms with Crippen LogP contribution >= 0.6 is 0 Å². The molecule has 5 nitrogen and oxygen atoms in total. The average molecular weight is 234 g/mol. The number of hydrogen-bond acceptors (Lipinski definition) is 4. The van der Waals surface area contributed by atoms with Crippen molar-refractivity contribution in [2.75, 3.05) is 11.9 Å². The third-order valence-electron chi connectivity index (χ3n) is 2.22. The monoisotopic (exact) mass is 234 g/mol. The van der Waals surface area contributed by atoms with Gasteiger partial charge in [-0.15, -0.1) is 0 Å². The lowest BCUT2D eigenvalue weighted by molar-refractivity contribution is -0.141. The van der Waals surface area contributed by atoms with Crippen LogP contribution in [0.15, 0.2) is 24.3 Å². The number of nitriles is 1. The predicted molar refractivity (Wildman–Crippen MR) is 62.5 cm³/mol. The molecule has 3 N–H and O–H groups in total. The number of carboxylic acids is 1. The second-order valence-electron chi connectivity index (χ2n) is 4.11. The van der Waals surface area contributed by atoms with Crippen LogP contribution < -0.4 is 5.32 Å². The number of anilines is 1. The lowest BCUT2D eigenvalue weighted by atomic mass is 10.0. The number of aliphatic carboxylic acids is 1. The first-order chi connectivity index (χ1) is 7.93. The van der Waals surface area contributed by atoms with Gasteiger partial charge in [-0.05, 0) is 31.2 Å². The molecule has 0 aromatic heterocycles. The van der Waals surface area contributed by atoms with E-state index in [0.29, 0.717) is 5.56 Å². The van der Waals surface area contributed by atoms with Crippen LogP contribution in [0.2, 0.25) is 0 Å². The van der Waals surface area contributed by atoms with Gasteiger partial charge in [0.25, 0.3) is 0 Å². The van der Waals surface area contributed by atoms with Gasteiger partial charge in [-0.3, -0.25) is 4.79 Å². The Hall–Kier alpha value is -2.06. The Morgan fingerprint density at radius 1 is 1.47 bits per heavy atom.